The Balaban J connectivity index is 2.03. The van der Waals surface area contributed by atoms with Crippen LogP contribution >= 0.6 is 23.1 Å². The van der Waals surface area contributed by atoms with Gasteiger partial charge >= 0.3 is 0 Å². The highest BCUT2D eigenvalue weighted by Crippen LogP contribution is 2.32. The quantitative estimate of drug-likeness (QED) is 0.831. The number of benzene rings is 1. The Morgan fingerprint density at radius 2 is 1.90 bits per heavy atom. The molecule has 0 fully saturated rings. The minimum absolute atomic E-state index is 0.146. The second kappa shape index (κ2) is 6.78. The van der Waals surface area contributed by atoms with Crippen LogP contribution < -0.4 is 11.1 Å². The molecule has 0 bridgehead atoms. The Bertz CT molecular complexity index is 666. The van der Waals surface area contributed by atoms with Crippen molar-refractivity contribution in [3.63, 3.8) is 0 Å². The molecule has 0 radical (unpaired) electrons. The SMILES string of the molecule is Cc1sc(NC(=O)CSc2ccccc2)c(C(N)=O)c1C. The van der Waals surface area contributed by atoms with Crippen molar-refractivity contribution >= 4 is 39.9 Å². The summed E-state index contributed by atoms with van der Waals surface area (Å²) in [6.45, 7) is 3.74. The van der Waals surface area contributed by atoms with Crippen molar-refractivity contribution in [2.45, 2.75) is 18.7 Å². The molecular formula is C15H16N2O2S2. The fourth-order valence-corrected chi connectivity index (χ4v) is 3.64. The fraction of sp³-hybridized carbons (Fsp3) is 0.200. The summed E-state index contributed by atoms with van der Waals surface area (Å²) in [5.74, 6) is -0.367. The molecule has 21 heavy (non-hydrogen) atoms. The van der Waals surface area contributed by atoms with Crippen LogP contribution in [0.2, 0.25) is 0 Å². The first kappa shape index (κ1) is 15.6. The van der Waals surface area contributed by atoms with Crippen LogP contribution in [0.5, 0.6) is 0 Å². The molecular weight excluding hydrogens is 304 g/mol. The molecule has 0 aliphatic carbocycles. The van der Waals surface area contributed by atoms with Crippen LogP contribution in [-0.2, 0) is 4.79 Å². The Labute approximate surface area is 131 Å². The lowest BCUT2D eigenvalue weighted by molar-refractivity contribution is -0.113. The fourth-order valence-electron chi connectivity index (χ4n) is 1.84. The van der Waals surface area contributed by atoms with Crippen LogP contribution in [0.4, 0.5) is 5.00 Å². The molecule has 2 aromatic rings. The van der Waals surface area contributed by atoms with Gasteiger partial charge in [-0.05, 0) is 31.5 Å². The zero-order chi connectivity index (χ0) is 15.4. The number of carbonyl (C=O) groups excluding carboxylic acids is 2. The van der Waals surface area contributed by atoms with Gasteiger partial charge in [-0.25, -0.2) is 0 Å². The molecule has 0 atom stereocenters. The van der Waals surface area contributed by atoms with Gasteiger partial charge in [0.1, 0.15) is 5.00 Å². The molecule has 1 heterocycles. The maximum Gasteiger partial charge on any atom is 0.251 e. The first-order chi connectivity index (χ1) is 9.99. The zero-order valence-corrected chi connectivity index (χ0v) is 13.4. The summed E-state index contributed by atoms with van der Waals surface area (Å²) in [4.78, 5) is 25.5. The van der Waals surface area contributed by atoms with Crippen LogP contribution in [0.25, 0.3) is 0 Å². The number of hydrogen-bond acceptors (Lipinski definition) is 4. The number of nitrogens with one attached hydrogen (secondary N) is 1. The lowest BCUT2D eigenvalue weighted by Gasteiger charge is -2.05. The van der Waals surface area contributed by atoms with E-state index in [-0.39, 0.29) is 11.7 Å². The van der Waals surface area contributed by atoms with Crippen molar-refractivity contribution < 1.29 is 9.59 Å². The number of amides is 2. The van der Waals surface area contributed by atoms with Crippen molar-refractivity contribution in [1.29, 1.82) is 0 Å². The standard InChI is InChI=1S/C15H16N2O2S2/c1-9-10(2)21-15(13(9)14(16)19)17-12(18)8-20-11-6-4-3-5-7-11/h3-7H,8H2,1-2H3,(H2,16,19)(H,17,18). The van der Waals surface area contributed by atoms with E-state index in [0.717, 1.165) is 15.3 Å². The molecule has 2 amide bonds. The molecule has 110 valence electrons. The maximum atomic E-state index is 12.0. The van der Waals surface area contributed by atoms with Crippen molar-refractivity contribution in [2.24, 2.45) is 5.73 Å². The van der Waals surface area contributed by atoms with Gasteiger partial charge in [0.25, 0.3) is 5.91 Å². The molecule has 6 heteroatoms. The van der Waals surface area contributed by atoms with Gasteiger partial charge in [0, 0.05) is 9.77 Å². The van der Waals surface area contributed by atoms with Gasteiger partial charge in [0.15, 0.2) is 0 Å². The number of thioether (sulfide) groups is 1. The molecule has 0 spiro atoms. The third kappa shape index (κ3) is 3.86. The van der Waals surface area contributed by atoms with E-state index in [9.17, 15) is 9.59 Å². The van der Waals surface area contributed by atoms with Crippen LogP contribution in [-0.4, -0.2) is 17.6 Å². The smallest absolute Gasteiger partial charge is 0.251 e. The molecule has 1 aromatic heterocycles. The first-order valence-corrected chi connectivity index (χ1v) is 8.16. The summed E-state index contributed by atoms with van der Waals surface area (Å²) in [5.41, 5.74) is 6.63. The maximum absolute atomic E-state index is 12.0. The molecule has 4 nitrogen and oxygen atoms in total. The van der Waals surface area contributed by atoms with Gasteiger partial charge in [-0.2, -0.15) is 0 Å². The Hall–Kier alpha value is -1.79. The summed E-state index contributed by atoms with van der Waals surface area (Å²) < 4.78 is 0. The lowest BCUT2D eigenvalue weighted by atomic mass is 10.1. The number of hydrogen-bond donors (Lipinski definition) is 2. The van der Waals surface area contributed by atoms with Crippen LogP contribution in [0.15, 0.2) is 35.2 Å². The van der Waals surface area contributed by atoms with Crippen LogP contribution in [0.1, 0.15) is 20.8 Å². The highest BCUT2D eigenvalue weighted by molar-refractivity contribution is 8.00. The van der Waals surface area contributed by atoms with E-state index in [1.807, 2.05) is 44.2 Å². The number of nitrogens with two attached hydrogens (primary N) is 1. The largest absolute Gasteiger partial charge is 0.365 e. The van der Waals surface area contributed by atoms with E-state index in [2.05, 4.69) is 5.32 Å². The lowest BCUT2D eigenvalue weighted by Crippen LogP contribution is -2.18. The van der Waals surface area contributed by atoms with Crippen LogP contribution in [0, 0.1) is 13.8 Å². The second-order valence-corrected chi connectivity index (χ2v) is 6.78. The summed E-state index contributed by atoms with van der Waals surface area (Å²) in [7, 11) is 0. The predicted octanol–water partition coefficient (Wildman–Crippen LogP) is 3.19. The molecule has 0 saturated heterocycles. The van der Waals surface area contributed by atoms with Crippen molar-refractivity contribution in [2.75, 3.05) is 11.1 Å². The van der Waals surface area contributed by atoms with E-state index in [4.69, 9.17) is 5.73 Å². The third-order valence-electron chi connectivity index (χ3n) is 3.00. The predicted molar refractivity (Wildman–Crippen MR) is 88.1 cm³/mol. The van der Waals surface area contributed by atoms with Gasteiger partial charge in [-0.3, -0.25) is 9.59 Å². The van der Waals surface area contributed by atoms with E-state index in [1.165, 1.54) is 23.1 Å². The average molecular weight is 320 g/mol. The topological polar surface area (TPSA) is 72.2 Å². The van der Waals surface area contributed by atoms with Gasteiger partial charge in [-0.1, -0.05) is 18.2 Å². The molecule has 0 aliphatic rings. The summed E-state index contributed by atoms with van der Waals surface area (Å²) in [6.07, 6.45) is 0. The summed E-state index contributed by atoms with van der Waals surface area (Å²) >= 11 is 2.83. The number of thiophene rings is 1. The first-order valence-electron chi connectivity index (χ1n) is 6.36. The molecule has 3 N–H and O–H groups in total. The van der Waals surface area contributed by atoms with E-state index in [1.54, 1.807) is 0 Å². The van der Waals surface area contributed by atoms with Crippen molar-refractivity contribution in [1.82, 2.24) is 0 Å². The molecule has 1 aromatic carbocycles. The molecule has 0 unspecified atom stereocenters. The van der Waals surface area contributed by atoms with Gasteiger partial charge < -0.3 is 11.1 Å². The zero-order valence-electron chi connectivity index (χ0n) is 11.8. The number of anilines is 1. The molecule has 0 aliphatic heterocycles. The number of rotatable bonds is 5. The Kier molecular flexibility index (Phi) is 5.03. The minimum Gasteiger partial charge on any atom is -0.365 e. The summed E-state index contributed by atoms with van der Waals surface area (Å²) in [5, 5.41) is 3.32. The average Bonchev–Trinajstić information content (AvgIpc) is 2.72. The van der Waals surface area contributed by atoms with Gasteiger partial charge in [-0.15, -0.1) is 23.1 Å². The van der Waals surface area contributed by atoms with Gasteiger partial charge in [0.05, 0.1) is 11.3 Å². The highest BCUT2D eigenvalue weighted by Gasteiger charge is 2.18. The van der Waals surface area contributed by atoms with E-state index >= 15 is 0 Å². The highest BCUT2D eigenvalue weighted by atomic mass is 32.2. The number of aryl methyl sites for hydroxylation is 1. The van der Waals surface area contributed by atoms with Gasteiger partial charge in [0.2, 0.25) is 5.91 Å². The molecule has 0 saturated carbocycles. The molecule has 2 rings (SSSR count). The van der Waals surface area contributed by atoms with E-state index in [0.29, 0.717) is 10.6 Å². The number of primary amides is 1. The minimum atomic E-state index is -0.511. The van der Waals surface area contributed by atoms with Crippen molar-refractivity contribution in [3.05, 3.63) is 46.3 Å². The van der Waals surface area contributed by atoms with E-state index < -0.39 is 5.91 Å². The van der Waals surface area contributed by atoms with Crippen molar-refractivity contribution in [3.8, 4) is 0 Å². The van der Waals surface area contributed by atoms with Crippen LogP contribution in [0.3, 0.4) is 0 Å². The Morgan fingerprint density at radius 1 is 1.24 bits per heavy atom. The third-order valence-corrected chi connectivity index (χ3v) is 5.13. The second-order valence-electron chi connectivity index (χ2n) is 4.50. The summed E-state index contributed by atoms with van der Waals surface area (Å²) in [6, 6.07) is 9.69. The number of carbonyl (C=O) groups is 2. The monoisotopic (exact) mass is 320 g/mol. The Morgan fingerprint density at radius 3 is 2.52 bits per heavy atom. The normalized spacial score (nSPS) is 10.4.